The molecule has 4 aromatic rings. The SMILES string of the molecule is CCN(CC)c1ccc(C2C(C(=O)Nc3ccccc3C)=C(C)Nc3nc(SCc4ccc([N+](=O)[O-])cc4)nn32)cc1. The van der Waals surface area contributed by atoms with Gasteiger partial charge in [0.05, 0.1) is 10.5 Å². The van der Waals surface area contributed by atoms with Crippen molar-refractivity contribution in [2.45, 2.75) is 44.6 Å². The molecular formula is C31H33N7O3S. The third-order valence-electron chi connectivity index (χ3n) is 7.32. The third kappa shape index (κ3) is 6.01. The van der Waals surface area contributed by atoms with Gasteiger partial charge in [-0.1, -0.05) is 54.2 Å². The van der Waals surface area contributed by atoms with Gasteiger partial charge in [0.15, 0.2) is 0 Å². The average Bonchev–Trinajstić information content (AvgIpc) is 3.40. The molecule has 0 spiro atoms. The standard InChI is InChI=1S/C31H33N7O3S/c1-5-36(6-2)24-17-13-23(14-18-24)28-27(29(39)33-26-10-8-7-9-20(26)3)21(4)32-30-34-31(35-37(28)30)42-19-22-11-15-25(16-12-22)38(40)41/h7-18,28H,5-6,19H2,1-4H3,(H,33,39)(H,32,34,35). The van der Waals surface area contributed by atoms with Gasteiger partial charge < -0.3 is 15.5 Å². The second kappa shape index (κ2) is 12.5. The number of rotatable bonds is 10. The molecule has 0 saturated heterocycles. The van der Waals surface area contributed by atoms with Crippen LogP contribution in [-0.4, -0.2) is 38.7 Å². The predicted octanol–water partition coefficient (Wildman–Crippen LogP) is 6.56. The van der Waals surface area contributed by atoms with Crippen LogP contribution >= 0.6 is 11.8 Å². The van der Waals surface area contributed by atoms with Gasteiger partial charge in [0, 0.05) is 48.0 Å². The first kappa shape index (κ1) is 28.9. The summed E-state index contributed by atoms with van der Waals surface area (Å²) >= 11 is 1.43. The lowest BCUT2D eigenvalue weighted by Crippen LogP contribution is -2.31. The van der Waals surface area contributed by atoms with Crippen molar-refractivity contribution in [3.63, 3.8) is 0 Å². The number of nitro benzene ring substituents is 1. The van der Waals surface area contributed by atoms with Crippen LogP contribution in [0.5, 0.6) is 0 Å². The molecule has 5 rings (SSSR count). The van der Waals surface area contributed by atoms with E-state index in [-0.39, 0.29) is 11.6 Å². The van der Waals surface area contributed by atoms with Crippen LogP contribution in [0.15, 0.2) is 89.2 Å². The molecule has 0 fully saturated rings. The van der Waals surface area contributed by atoms with Crippen molar-refractivity contribution >= 4 is 40.7 Å². The van der Waals surface area contributed by atoms with E-state index >= 15 is 0 Å². The van der Waals surface area contributed by atoms with E-state index in [0.29, 0.717) is 28.1 Å². The van der Waals surface area contributed by atoms with Crippen LogP contribution in [0.4, 0.5) is 23.0 Å². The van der Waals surface area contributed by atoms with Crippen LogP contribution in [0.25, 0.3) is 0 Å². The van der Waals surface area contributed by atoms with Gasteiger partial charge in [0.1, 0.15) is 6.04 Å². The molecule has 1 aliphatic heterocycles. The first-order valence-corrected chi connectivity index (χ1v) is 14.8. The number of fused-ring (bicyclic) bond motifs is 1. The Bertz CT molecular complexity index is 1630. The number of thioether (sulfide) groups is 1. The molecule has 0 bridgehead atoms. The van der Waals surface area contributed by atoms with Gasteiger partial charge in [0.25, 0.3) is 11.6 Å². The molecule has 1 aromatic heterocycles. The van der Waals surface area contributed by atoms with E-state index in [0.717, 1.165) is 41.2 Å². The molecule has 1 aliphatic rings. The zero-order chi connectivity index (χ0) is 29.8. The number of hydrogen-bond donors (Lipinski definition) is 2. The van der Waals surface area contributed by atoms with Crippen molar-refractivity contribution in [2.75, 3.05) is 28.6 Å². The van der Waals surface area contributed by atoms with E-state index in [1.165, 1.54) is 23.9 Å². The Kier molecular flexibility index (Phi) is 8.58. The Hall–Kier alpha value is -4.64. The molecule has 0 aliphatic carbocycles. The summed E-state index contributed by atoms with van der Waals surface area (Å²) in [4.78, 5) is 31.4. The van der Waals surface area contributed by atoms with Gasteiger partial charge in [-0.25, -0.2) is 4.68 Å². The van der Waals surface area contributed by atoms with E-state index in [2.05, 4.69) is 41.5 Å². The van der Waals surface area contributed by atoms with Crippen molar-refractivity contribution in [1.29, 1.82) is 0 Å². The van der Waals surface area contributed by atoms with Gasteiger partial charge in [-0.3, -0.25) is 14.9 Å². The van der Waals surface area contributed by atoms with Crippen molar-refractivity contribution in [2.24, 2.45) is 0 Å². The van der Waals surface area contributed by atoms with Gasteiger partial charge in [0.2, 0.25) is 11.1 Å². The first-order valence-electron chi connectivity index (χ1n) is 13.8. The number of benzene rings is 3. The fraction of sp³-hybridized carbons (Fsp3) is 0.258. The number of nitrogens with zero attached hydrogens (tertiary/aromatic N) is 5. The van der Waals surface area contributed by atoms with E-state index in [9.17, 15) is 14.9 Å². The third-order valence-corrected chi connectivity index (χ3v) is 8.23. The molecule has 11 heteroatoms. The molecule has 216 valence electrons. The lowest BCUT2D eigenvalue weighted by Gasteiger charge is -2.29. The van der Waals surface area contributed by atoms with Crippen molar-refractivity contribution in [3.05, 3.63) is 111 Å². The summed E-state index contributed by atoms with van der Waals surface area (Å²) in [5.74, 6) is 0.870. The van der Waals surface area contributed by atoms with Crippen LogP contribution in [0.2, 0.25) is 0 Å². The minimum Gasteiger partial charge on any atom is -0.372 e. The number of allylic oxidation sites excluding steroid dienone is 1. The minimum absolute atomic E-state index is 0.0523. The van der Waals surface area contributed by atoms with Crippen LogP contribution in [0.3, 0.4) is 0 Å². The summed E-state index contributed by atoms with van der Waals surface area (Å²) in [6.45, 7) is 9.89. The predicted molar refractivity (Wildman–Crippen MR) is 167 cm³/mol. The largest absolute Gasteiger partial charge is 0.372 e. The van der Waals surface area contributed by atoms with Gasteiger partial charge >= 0.3 is 0 Å². The number of amides is 1. The Morgan fingerprint density at radius 3 is 2.38 bits per heavy atom. The van der Waals surface area contributed by atoms with Crippen LogP contribution in [-0.2, 0) is 10.5 Å². The molecule has 42 heavy (non-hydrogen) atoms. The number of hydrogen-bond acceptors (Lipinski definition) is 8. The molecule has 1 unspecified atom stereocenters. The number of non-ortho nitro benzene ring substituents is 1. The molecule has 1 atom stereocenters. The van der Waals surface area contributed by atoms with Gasteiger partial charge in [-0.05, 0) is 62.6 Å². The molecule has 3 aromatic carbocycles. The van der Waals surface area contributed by atoms with E-state index in [1.807, 2.05) is 50.2 Å². The topological polar surface area (TPSA) is 118 Å². The highest BCUT2D eigenvalue weighted by molar-refractivity contribution is 7.98. The number of para-hydroxylation sites is 1. The quantitative estimate of drug-likeness (QED) is 0.122. The molecule has 1 amide bonds. The maximum absolute atomic E-state index is 13.9. The lowest BCUT2D eigenvalue weighted by molar-refractivity contribution is -0.384. The highest BCUT2D eigenvalue weighted by atomic mass is 32.2. The van der Waals surface area contributed by atoms with Crippen molar-refractivity contribution < 1.29 is 9.72 Å². The number of aromatic nitrogens is 3. The number of nitrogens with one attached hydrogen (secondary N) is 2. The minimum atomic E-state index is -0.503. The Morgan fingerprint density at radius 1 is 1.05 bits per heavy atom. The van der Waals surface area contributed by atoms with Gasteiger partial charge in [-0.15, -0.1) is 5.10 Å². The average molecular weight is 584 g/mol. The fourth-order valence-corrected chi connectivity index (χ4v) is 5.80. The van der Waals surface area contributed by atoms with Crippen LogP contribution in [0, 0.1) is 17.0 Å². The summed E-state index contributed by atoms with van der Waals surface area (Å²) in [6, 6.07) is 21.9. The van der Waals surface area contributed by atoms with Crippen LogP contribution in [0.1, 0.15) is 43.5 Å². The Morgan fingerprint density at radius 2 is 1.74 bits per heavy atom. The number of aryl methyl sites for hydroxylation is 1. The normalized spacial score (nSPS) is 14.2. The number of nitro groups is 1. The molecule has 0 radical (unpaired) electrons. The zero-order valence-electron chi connectivity index (χ0n) is 24.0. The second-order valence-corrected chi connectivity index (χ2v) is 10.9. The summed E-state index contributed by atoms with van der Waals surface area (Å²) in [5, 5.41) is 22.7. The summed E-state index contributed by atoms with van der Waals surface area (Å²) in [5.41, 5.74) is 5.98. The molecule has 2 N–H and O–H groups in total. The van der Waals surface area contributed by atoms with E-state index in [1.54, 1.807) is 16.8 Å². The van der Waals surface area contributed by atoms with Crippen LogP contribution < -0.4 is 15.5 Å². The summed E-state index contributed by atoms with van der Waals surface area (Å²) < 4.78 is 1.77. The first-order chi connectivity index (χ1) is 20.3. The number of anilines is 3. The molecule has 0 saturated carbocycles. The summed E-state index contributed by atoms with van der Waals surface area (Å²) in [7, 11) is 0. The molecule has 10 nitrogen and oxygen atoms in total. The summed E-state index contributed by atoms with van der Waals surface area (Å²) in [6.07, 6.45) is 0. The monoisotopic (exact) mass is 583 g/mol. The van der Waals surface area contributed by atoms with E-state index in [4.69, 9.17) is 10.1 Å². The number of carbonyl (C=O) groups excluding carboxylic acids is 1. The maximum Gasteiger partial charge on any atom is 0.269 e. The van der Waals surface area contributed by atoms with E-state index < -0.39 is 11.0 Å². The highest BCUT2D eigenvalue weighted by Gasteiger charge is 2.34. The Balaban J connectivity index is 1.48. The Labute approximate surface area is 249 Å². The van der Waals surface area contributed by atoms with Gasteiger partial charge in [-0.2, -0.15) is 4.98 Å². The smallest absolute Gasteiger partial charge is 0.269 e. The molecular weight excluding hydrogens is 550 g/mol. The lowest BCUT2D eigenvalue weighted by atomic mass is 9.94. The van der Waals surface area contributed by atoms with Crippen molar-refractivity contribution in [3.8, 4) is 0 Å². The maximum atomic E-state index is 13.9. The zero-order valence-corrected chi connectivity index (χ0v) is 24.8. The molecule has 2 heterocycles. The highest BCUT2D eigenvalue weighted by Crippen LogP contribution is 2.38. The van der Waals surface area contributed by atoms with Crippen molar-refractivity contribution in [1.82, 2.24) is 14.8 Å². The fourth-order valence-electron chi connectivity index (χ4n) is 5.02. The number of carbonyl (C=O) groups is 1. The second-order valence-electron chi connectivity index (χ2n) is 9.97.